The first-order valence-electron chi connectivity index (χ1n) is 9.04. The molecule has 0 saturated heterocycles. The predicted octanol–water partition coefficient (Wildman–Crippen LogP) is 3.77. The van der Waals surface area contributed by atoms with Gasteiger partial charge in [-0.25, -0.2) is 4.79 Å². The van der Waals surface area contributed by atoms with Crippen LogP contribution in [0.4, 0.5) is 5.69 Å². The van der Waals surface area contributed by atoms with Crippen molar-refractivity contribution in [2.24, 2.45) is 0 Å². The van der Waals surface area contributed by atoms with Crippen LogP contribution in [0.2, 0.25) is 0 Å². The van der Waals surface area contributed by atoms with Crippen molar-refractivity contribution in [1.29, 1.82) is 0 Å². The van der Waals surface area contributed by atoms with Crippen LogP contribution in [0.3, 0.4) is 0 Å². The summed E-state index contributed by atoms with van der Waals surface area (Å²) in [5, 5.41) is 5.25. The molecule has 0 bridgehead atoms. The fourth-order valence-electron chi connectivity index (χ4n) is 2.51. The van der Waals surface area contributed by atoms with Crippen LogP contribution in [0.1, 0.15) is 23.6 Å². The van der Waals surface area contributed by atoms with Gasteiger partial charge in [0.05, 0.1) is 6.54 Å². The van der Waals surface area contributed by atoms with Crippen LogP contribution in [0, 0.1) is 13.8 Å². The van der Waals surface area contributed by atoms with Crippen molar-refractivity contribution < 1.29 is 19.1 Å². The summed E-state index contributed by atoms with van der Waals surface area (Å²) in [6.45, 7) is 5.02. The van der Waals surface area contributed by atoms with E-state index in [1.165, 1.54) is 13.0 Å². The Morgan fingerprint density at radius 2 is 1.69 bits per heavy atom. The molecule has 2 amide bonds. The highest BCUT2D eigenvalue weighted by Crippen LogP contribution is 2.19. The SMILES string of the molecule is Cc1cccc(C)c1NC(=O)CNC(=O)C(C)OC(=O)/C=C/c1ccc(Br)cc1. The summed E-state index contributed by atoms with van der Waals surface area (Å²) in [6, 6.07) is 13.1. The average Bonchev–Trinajstić information content (AvgIpc) is 2.68. The number of hydrogen-bond acceptors (Lipinski definition) is 4. The van der Waals surface area contributed by atoms with Gasteiger partial charge in [0.25, 0.3) is 5.91 Å². The quantitative estimate of drug-likeness (QED) is 0.488. The van der Waals surface area contributed by atoms with Gasteiger partial charge in [-0.05, 0) is 55.7 Å². The molecule has 6 nitrogen and oxygen atoms in total. The molecule has 152 valence electrons. The first kappa shape index (κ1) is 22.4. The zero-order valence-corrected chi connectivity index (χ0v) is 18.1. The molecule has 1 atom stereocenters. The van der Waals surface area contributed by atoms with Crippen molar-refractivity contribution in [2.75, 3.05) is 11.9 Å². The predicted molar refractivity (Wildman–Crippen MR) is 116 cm³/mol. The van der Waals surface area contributed by atoms with Gasteiger partial charge in [0.1, 0.15) is 0 Å². The summed E-state index contributed by atoms with van der Waals surface area (Å²) < 4.78 is 6.00. The van der Waals surface area contributed by atoms with E-state index in [0.717, 1.165) is 26.9 Å². The number of amides is 2. The Bertz CT molecular complexity index is 903. The van der Waals surface area contributed by atoms with Crippen molar-refractivity contribution in [2.45, 2.75) is 26.9 Å². The number of nitrogens with one attached hydrogen (secondary N) is 2. The zero-order chi connectivity index (χ0) is 21.4. The van der Waals surface area contributed by atoms with Crippen LogP contribution in [-0.4, -0.2) is 30.4 Å². The fourth-order valence-corrected chi connectivity index (χ4v) is 2.78. The van der Waals surface area contributed by atoms with Gasteiger partial charge in [-0.3, -0.25) is 9.59 Å². The Balaban J connectivity index is 1.80. The minimum absolute atomic E-state index is 0.219. The largest absolute Gasteiger partial charge is 0.449 e. The van der Waals surface area contributed by atoms with Gasteiger partial charge in [-0.2, -0.15) is 0 Å². The standard InChI is InChI=1S/C22H23BrN2O4/c1-14-5-4-6-15(2)21(14)25-19(26)13-24-22(28)16(3)29-20(27)12-9-17-7-10-18(23)11-8-17/h4-12,16H,13H2,1-3H3,(H,24,28)(H,25,26)/b12-9+. The smallest absolute Gasteiger partial charge is 0.331 e. The van der Waals surface area contributed by atoms with Gasteiger partial charge in [-0.15, -0.1) is 0 Å². The van der Waals surface area contributed by atoms with E-state index >= 15 is 0 Å². The van der Waals surface area contributed by atoms with Gasteiger partial charge in [0, 0.05) is 16.2 Å². The van der Waals surface area contributed by atoms with Crippen molar-refractivity contribution in [3.8, 4) is 0 Å². The lowest BCUT2D eigenvalue weighted by Gasteiger charge is -2.14. The number of ether oxygens (including phenoxy) is 1. The molecule has 0 heterocycles. The molecule has 0 saturated carbocycles. The Hall–Kier alpha value is -2.93. The van der Waals surface area contributed by atoms with E-state index in [1.807, 2.05) is 56.3 Å². The molecule has 0 aliphatic heterocycles. The Labute approximate surface area is 178 Å². The summed E-state index contributed by atoms with van der Waals surface area (Å²) in [4.78, 5) is 36.1. The molecule has 0 fully saturated rings. The van der Waals surface area contributed by atoms with Crippen LogP contribution >= 0.6 is 15.9 Å². The van der Waals surface area contributed by atoms with Gasteiger partial charge >= 0.3 is 5.97 Å². The number of rotatable bonds is 7. The van der Waals surface area contributed by atoms with Gasteiger partial charge in [-0.1, -0.05) is 46.3 Å². The van der Waals surface area contributed by atoms with Crippen molar-refractivity contribution in [3.05, 3.63) is 69.7 Å². The normalized spacial score (nSPS) is 11.7. The second kappa shape index (κ2) is 10.6. The molecule has 0 aliphatic carbocycles. The molecule has 2 N–H and O–H groups in total. The maximum atomic E-state index is 12.1. The lowest BCUT2D eigenvalue weighted by Crippen LogP contribution is -2.40. The highest BCUT2D eigenvalue weighted by molar-refractivity contribution is 9.10. The van der Waals surface area contributed by atoms with Crippen LogP contribution < -0.4 is 10.6 Å². The Kier molecular flexibility index (Phi) is 8.15. The number of esters is 1. The van der Waals surface area contributed by atoms with Crippen molar-refractivity contribution >= 4 is 45.5 Å². The molecule has 0 spiro atoms. The molecular weight excluding hydrogens is 436 g/mol. The van der Waals surface area contributed by atoms with Crippen LogP contribution in [0.15, 0.2) is 53.0 Å². The molecule has 1 unspecified atom stereocenters. The third-order valence-corrected chi connectivity index (χ3v) is 4.64. The summed E-state index contributed by atoms with van der Waals surface area (Å²) in [6.07, 6.45) is 1.82. The number of para-hydroxylation sites is 1. The van der Waals surface area contributed by atoms with E-state index in [1.54, 1.807) is 6.08 Å². The first-order valence-corrected chi connectivity index (χ1v) is 9.83. The zero-order valence-electron chi connectivity index (χ0n) is 16.5. The van der Waals surface area contributed by atoms with Gasteiger partial charge < -0.3 is 15.4 Å². The minimum Gasteiger partial charge on any atom is -0.449 e. The minimum atomic E-state index is -1.02. The number of carbonyl (C=O) groups is 3. The second-order valence-electron chi connectivity index (χ2n) is 6.50. The number of aryl methyl sites for hydroxylation is 2. The number of anilines is 1. The van der Waals surface area contributed by atoms with E-state index in [4.69, 9.17) is 4.74 Å². The highest BCUT2D eigenvalue weighted by atomic mass is 79.9. The van der Waals surface area contributed by atoms with Gasteiger partial charge in [0.15, 0.2) is 6.10 Å². The third-order valence-electron chi connectivity index (χ3n) is 4.11. The number of hydrogen-bond donors (Lipinski definition) is 2. The first-order chi connectivity index (χ1) is 13.8. The number of benzene rings is 2. The molecule has 0 aliphatic rings. The molecule has 7 heteroatoms. The van der Waals surface area contributed by atoms with E-state index in [9.17, 15) is 14.4 Å². The Morgan fingerprint density at radius 3 is 2.31 bits per heavy atom. The van der Waals surface area contributed by atoms with Crippen LogP contribution in [0.5, 0.6) is 0 Å². The lowest BCUT2D eigenvalue weighted by atomic mass is 10.1. The highest BCUT2D eigenvalue weighted by Gasteiger charge is 2.17. The average molecular weight is 459 g/mol. The van der Waals surface area contributed by atoms with Crippen molar-refractivity contribution in [1.82, 2.24) is 5.32 Å². The third kappa shape index (κ3) is 7.19. The summed E-state index contributed by atoms with van der Waals surface area (Å²) >= 11 is 3.34. The fraction of sp³-hybridized carbons (Fsp3) is 0.227. The molecular formula is C22H23BrN2O4. The summed E-state index contributed by atoms with van der Waals surface area (Å²) in [7, 11) is 0. The van der Waals surface area contributed by atoms with Crippen molar-refractivity contribution in [3.63, 3.8) is 0 Å². The summed E-state index contributed by atoms with van der Waals surface area (Å²) in [5.41, 5.74) is 3.42. The van der Waals surface area contributed by atoms with Crippen LogP contribution in [0.25, 0.3) is 6.08 Å². The van der Waals surface area contributed by atoms with E-state index in [0.29, 0.717) is 0 Å². The molecule has 2 aromatic rings. The van der Waals surface area contributed by atoms with Gasteiger partial charge in [0.2, 0.25) is 5.91 Å². The summed E-state index contributed by atoms with van der Waals surface area (Å²) in [5.74, 6) is -1.55. The second-order valence-corrected chi connectivity index (χ2v) is 7.41. The van der Waals surface area contributed by atoms with E-state index < -0.39 is 18.0 Å². The molecule has 2 aromatic carbocycles. The molecule has 0 aromatic heterocycles. The Morgan fingerprint density at radius 1 is 1.07 bits per heavy atom. The molecule has 2 rings (SSSR count). The lowest BCUT2D eigenvalue weighted by molar-refractivity contribution is -0.150. The molecule has 29 heavy (non-hydrogen) atoms. The monoisotopic (exact) mass is 458 g/mol. The topological polar surface area (TPSA) is 84.5 Å². The van der Waals surface area contributed by atoms with E-state index in [-0.39, 0.29) is 12.5 Å². The molecule has 0 radical (unpaired) electrons. The number of halogens is 1. The maximum absolute atomic E-state index is 12.1. The van der Waals surface area contributed by atoms with E-state index in [2.05, 4.69) is 26.6 Å². The number of carbonyl (C=O) groups excluding carboxylic acids is 3. The van der Waals surface area contributed by atoms with Crippen LogP contribution in [-0.2, 0) is 19.1 Å². The maximum Gasteiger partial charge on any atom is 0.331 e.